The molecule has 1 aliphatic rings. The van der Waals surface area contributed by atoms with Crippen LogP contribution in [0.2, 0.25) is 0 Å². The average molecular weight is 243 g/mol. The lowest BCUT2D eigenvalue weighted by molar-refractivity contribution is -0.380. The SMILES string of the molecule is O=[N+]([O-])c1cnc(OCC2CCNCC2)s1. The Labute approximate surface area is 96.8 Å². The minimum Gasteiger partial charge on any atom is -0.470 e. The second-order valence-electron chi connectivity index (χ2n) is 3.73. The third-order valence-electron chi connectivity index (χ3n) is 2.55. The largest absolute Gasteiger partial charge is 0.470 e. The molecule has 0 amide bonds. The Hall–Kier alpha value is -1.21. The van der Waals surface area contributed by atoms with Crippen molar-refractivity contribution in [3.63, 3.8) is 0 Å². The van der Waals surface area contributed by atoms with Crippen molar-refractivity contribution in [1.29, 1.82) is 0 Å². The highest BCUT2D eigenvalue weighted by Gasteiger charge is 2.16. The van der Waals surface area contributed by atoms with E-state index in [-0.39, 0.29) is 5.00 Å². The van der Waals surface area contributed by atoms with Gasteiger partial charge in [-0.05, 0) is 43.2 Å². The van der Waals surface area contributed by atoms with Gasteiger partial charge in [0, 0.05) is 0 Å². The Morgan fingerprint density at radius 1 is 1.62 bits per heavy atom. The highest BCUT2D eigenvalue weighted by molar-refractivity contribution is 7.16. The Morgan fingerprint density at radius 2 is 2.38 bits per heavy atom. The fourth-order valence-corrected chi connectivity index (χ4v) is 2.23. The zero-order valence-corrected chi connectivity index (χ0v) is 9.53. The first-order valence-electron chi connectivity index (χ1n) is 5.19. The van der Waals surface area contributed by atoms with Crippen LogP contribution in [-0.4, -0.2) is 29.6 Å². The zero-order chi connectivity index (χ0) is 11.4. The standard InChI is InChI=1S/C9H13N3O3S/c13-12(14)8-5-11-9(16-8)15-6-7-1-3-10-4-2-7/h5,7,10H,1-4,6H2. The summed E-state index contributed by atoms with van der Waals surface area (Å²) < 4.78 is 5.45. The van der Waals surface area contributed by atoms with Crippen molar-refractivity contribution in [3.05, 3.63) is 16.3 Å². The lowest BCUT2D eigenvalue weighted by Crippen LogP contribution is -2.30. The molecule has 1 N–H and O–H groups in total. The molecule has 0 atom stereocenters. The number of piperidine rings is 1. The van der Waals surface area contributed by atoms with Gasteiger partial charge in [0.1, 0.15) is 6.20 Å². The van der Waals surface area contributed by atoms with Crippen molar-refractivity contribution in [3.8, 4) is 5.19 Å². The number of ether oxygens (including phenoxy) is 1. The topological polar surface area (TPSA) is 77.3 Å². The van der Waals surface area contributed by atoms with E-state index in [1.54, 1.807) is 0 Å². The number of nitrogens with one attached hydrogen (secondary N) is 1. The molecule has 0 spiro atoms. The summed E-state index contributed by atoms with van der Waals surface area (Å²) in [5.74, 6) is 0.532. The zero-order valence-electron chi connectivity index (χ0n) is 8.72. The Balaban J connectivity index is 1.81. The molecule has 0 radical (unpaired) electrons. The smallest absolute Gasteiger partial charge is 0.347 e. The molecule has 1 saturated heterocycles. The second-order valence-corrected chi connectivity index (χ2v) is 4.70. The van der Waals surface area contributed by atoms with Gasteiger partial charge in [-0.15, -0.1) is 0 Å². The van der Waals surface area contributed by atoms with Gasteiger partial charge in [-0.2, -0.15) is 0 Å². The van der Waals surface area contributed by atoms with Crippen LogP contribution in [0.1, 0.15) is 12.8 Å². The number of thiazole rings is 1. The van der Waals surface area contributed by atoms with E-state index in [9.17, 15) is 10.1 Å². The van der Waals surface area contributed by atoms with E-state index >= 15 is 0 Å². The van der Waals surface area contributed by atoms with Crippen LogP contribution in [0.25, 0.3) is 0 Å². The molecule has 16 heavy (non-hydrogen) atoms. The number of aromatic nitrogens is 1. The van der Waals surface area contributed by atoms with Gasteiger partial charge in [0.25, 0.3) is 5.19 Å². The molecule has 0 aliphatic carbocycles. The second kappa shape index (κ2) is 5.22. The van der Waals surface area contributed by atoms with Gasteiger partial charge in [-0.25, -0.2) is 4.98 Å². The molecule has 7 heteroatoms. The molecule has 2 rings (SSSR count). The molecule has 1 fully saturated rings. The molecule has 1 aliphatic heterocycles. The predicted octanol–water partition coefficient (Wildman–Crippen LogP) is 1.43. The Bertz CT molecular complexity index is 363. The molecule has 0 saturated carbocycles. The van der Waals surface area contributed by atoms with Gasteiger partial charge >= 0.3 is 5.00 Å². The van der Waals surface area contributed by atoms with Crippen LogP contribution in [0, 0.1) is 16.0 Å². The van der Waals surface area contributed by atoms with Crippen LogP contribution in [0.15, 0.2) is 6.20 Å². The number of nitrogens with zero attached hydrogens (tertiary/aromatic N) is 2. The number of hydrogen-bond donors (Lipinski definition) is 1. The summed E-state index contributed by atoms with van der Waals surface area (Å²) in [6, 6.07) is 0. The van der Waals surface area contributed by atoms with Crippen LogP contribution in [0.5, 0.6) is 5.19 Å². The first-order chi connectivity index (χ1) is 7.75. The van der Waals surface area contributed by atoms with Crippen molar-refractivity contribution in [2.24, 2.45) is 5.92 Å². The summed E-state index contributed by atoms with van der Waals surface area (Å²) in [5, 5.41) is 14.1. The van der Waals surface area contributed by atoms with Crippen molar-refractivity contribution < 1.29 is 9.66 Å². The van der Waals surface area contributed by atoms with E-state index in [0.717, 1.165) is 37.3 Å². The predicted molar refractivity (Wildman–Crippen MR) is 59.9 cm³/mol. The highest BCUT2D eigenvalue weighted by Crippen LogP contribution is 2.27. The van der Waals surface area contributed by atoms with E-state index < -0.39 is 4.92 Å². The molecule has 1 aromatic rings. The maximum absolute atomic E-state index is 10.4. The monoisotopic (exact) mass is 243 g/mol. The van der Waals surface area contributed by atoms with E-state index in [2.05, 4.69) is 10.3 Å². The van der Waals surface area contributed by atoms with E-state index in [4.69, 9.17) is 4.74 Å². The van der Waals surface area contributed by atoms with Gasteiger partial charge in [0.05, 0.1) is 11.5 Å². The van der Waals surface area contributed by atoms with Crippen LogP contribution in [0.4, 0.5) is 5.00 Å². The third-order valence-corrected chi connectivity index (χ3v) is 3.41. The fraction of sp³-hybridized carbons (Fsp3) is 0.667. The van der Waals surface area contributed by atoms with E-state index in [1.807, 2.05) is 0 Å². The van der Waals surface area contributed by atoms with Crippen molar-refractivity contribution >= 4 is 16.3 Å². The molecular weight excluding hydrogens is 230 g/mol. The number of rotatable bonds is 4. The lowest BCUT2D eigenvalue weighted by Gasteiger charge is -2.21. The first kappa shape index (κ1) is 11.3. The summed E-state index contributed by atoms with van der Waals surface area (Å²) >= 11 is 0.982. The summed E-state index contributed by atoms with van der Waals surface area (Å²) in [5.41, 5.74) is 0. The van der Waals surface area contributed by atoms with Crippen LogP contribution in [-0.2, 0) is 0 Å². The van der Waals surface area contributed by atoms with Crippen molar-refractivity contribution in [2.75, 3.05) is 19.7 Å². The minimum atomic E-state index is -0.449. The van der Waals surface area contributed by atoms with Gasteiger partial charge in [0.2, 0.25) is 0 Å². The summed E-state index contributed by atoms with van der Waals surface area (Å²) in [4.78, 5) is 13.8. The van der Waals surface area contributed by atoms with Crippen molar-refractivity contribution in [1.82, 2.24) is 10.3 Å². The Kier molecular flexibility index (Phi) is 3.68. The molecule has 1 aromatic heterocycles. The molecule has 0 unspecified atom stereocenters. The summed E-state index contributed by atoms with van der Waals surface area (Å²) in [7, 11) is 0. The molecule has 0 aromatic carbocycles. The third kappa shape index (κ3) is 2.89. The maximum Gasteiger partial charge on any atom is 0.347 e. The minimum absolute atomic E-state index is 0.0281. The van der Waals surface area contributed by atoms with Crippen LogP contribution in [0.3, 0.4) is 0 Å². The van der Waals surface area contributed by atoms with Crippen LogP contribution < -0.4 is 10.1 Å². The van der Waals surface area contributed by atoms with Gasteiger partial charge in [-0.1, -0.05) is 0 Å². The Morgan fingerprint density at radius 3 is 3.00 bits per heavy atom. The van der Waals surface area contributed by atoms with E-state index in [1.165, 1.54) is 6.20 Å². The number of hydrogen-bond acceptors (Lipinski definition) is 6. The maximum atomic E-state index is 10.4. The van der Waals surface area contributed by atoms with Crippen molar-refractivity contribution in [2.45, 2.75) is 12.8 Å². The first-order valence-corrected chi connectivity index (χ1v) is 6.01. The molecule has 6 nitrogen and oxygen atoms in total. The van der Waals surface area contributed by atoms with Gasteiger partial charge < -0.3 is 10.1 Å². The number of nitro groups is 1. The summed E-state index contributed by atoms with van der Waals surface area (Å²) in [6.07, 6.45) is 3.42. The molecule has 88 valence electrons. The normalized spacial score (nSPS) is 17.2. The average Bonchev–Trinajstić information content (AvgIpc) is 2.76. The molecule has 2 heterocycles. The summed E-state index contributed by atoms with van der Waals surface area (Å²) in [6.45, 7) is 2.64. The van der Waals surface area contributed by atoms with Gasteiger partial charge in [-0.3, -0.25) is 10.1 Å². The van der Waals surface area contributed by atoms with E-state index in [0.29, 0.717) is 17.7 Å². The lowest BCUT2D eigenvalue weighted by atomic mass is 9.99. The quantitative estimate of drug-likeness (QED) is 0.639. The molecule has 0 bridgehead atoms. The highest BCUT2D eigenvalue weighted by atomic mass is 32.1. The molecular formula is C9H13N3O3S. The fourth-order valence-electron chi connectivity index (χ4n) is 1.64. The van der Waals surface area contributed by atoms with Gasteiger partial charge in [0.15, 0.2) is 0 Å². The van der Waals surface area contributed by atoms with Crippen LogP contribution >= 0.6 is 11.3 Å².